The van der Waals surface area contributed by atoms with Crippen molar-refractivity contribution in [3.8, 4) is 0 Å². The highest BCUT2D eigenvalue weighted by molar-refractivity contribution is 7.99. The van der Waals surface area contributed by atoms with Gasteiger partial charge in [-0.25, -0.2) is 9.97 Å². The Bertz CT molecular complexity index is 672. The summed E-state index contributed by atoms with van der Waals surface area (Å²) in [5.41, 5.74) is 2.20. The first-order valence-electron chi connectivity index (χ1n) is 8.48. The molecular weight excluding hydrogens is 308 g/mol. The minimum Gasteiger partial charge on any atom is -0.366 e. The molecule has 7 heteroatoms. The maximum atomic E-state index is 4.47. The van der Waals surface area contributed by atoms with Crippen molar-refractivity contribution in [3.05, 3.63) is 12.5 Å². The number of nitrogens with one attached hydrogen (secondary N) is 1. The molecule has 0 radical (unpaired) electrons. The van der Waals surface area contributed by atoms with E-state index in [1.165, 1.54) is 50.3 Å². The molecule has 0 spiro atoms. The minimum atomic E-state index is 0.302. The molecule has 0 atom stereocenters. The number of aromatic nitrogens is 4. The molecule has 124 valence electrons. The van der Waals surface area contributed by atoms with Crippen LogP contribution in [0.1, 0.15) is 25.7 Å². The predicted octanol–water partition coefficient (Wildman–Crippen LogP) is 2.14. The lowest BCUT2D eigenvalue weighted by Gasteiger charge is -2.43. The first-order chi connectivity index (χ1) is 11.3. The van der Waals surface area contributed by atoms with E-state index in [4.69, 9.17) is 0 Å². The van der Waals surface area contributed by atoms with Gasteiger partial charge in [-0.2, -0.15) is 16.9 Å². The normalized spacial score (nSPS) is 21.8. The Balaban J connectivity index is 1.56. The molecule has 1 aliphatic carbocycles. The molecule has 2 aliphatic rings. The summed E-state index contributed by atoms with van der Waals surface area (Å²) in [7, 11) is 1.95. The van der Waals surface area contributed by atoms with Crippen LogP contribution < -0.4 is 5.32 Å². The van der Waals surface area contributed by atoms with Gasteiger partial charge in [-0.3, -0.25) is 9.58 Å². The molecule has 4 rings (SSSR count). The maximum absolute atomic E-state index is 4.47. The van der Waals surface area contributed by atoms with E-state index in [1.54, 1.807) is 12.5 Å². The lowest BCUT2D eigenvalue weighted by atomic mass is 9.94. The van der Waals surface area contributed by atoms with Crippen LogP contribution in [0.3, 0.4) is 0 Å². The maximum Gasteiger partial charge on any atom is 0.155 e. The van der Waals surface area contributed by atoms with Crippen molar-refractivity contribution in [2.75, 3.05) is 36.5 Å². The zero-order chi connectivity index (χ0) is 15.7. The van der Waals surface area contributed by atoms with E-state index < -0.39 is 0 Å². The third-order valence-corrected chi connectivity index (χ3v) is 6.27. The van der Waals surface area contributed by atoms with Gasteiger partial charge in [-0.1, -0.05) is 12.8 Å². The van der Waals surface area contributed by atoms with Crippen molar-refractivity contribution >= 4 is 28.6 Å². The zero-order valence-corrected chi connectivity index (χ0v) is 14.5. The van der Waals surface area contributed by atoms with Gasteiger partial charge < -0.3 is 5.32 Å². The number of aryl methyl sites for hydroxylation is 1. The second-order valence-electron chi connectivity index (χ2n) is 6.61. The molecule has 0 aromatic carbocycles. The van der Waals surface area contributed by atoms with Crippen LogP contribution in [-0.4, -0.2) is 61.3 Å². The summed E-state index contributed by atoms with van der Waals surface area (Å²) >= 11 is 2.08. The van der Waals surface area contributed by atoms with E-state index in [0.29, 0.717) is 5.54 Å². The lowest BCUT2D eigenvalue weighted by molar-refractivity contribution is 0.116. The Kier molecular flexibility index (Phi) is 4.15. The van der Waals surface area contributed by atoms with Crippen LogP contribution in [0.2, 0.25) is 0 Å². The Morgan fingerprint density at radius 1 is 1.22 bits per heavy atom. The summed E-state index contributed by atoms with van der Waals surface area (Å²) in [6.45, 7) is 3.41. The number of thioether (sulfide) groups is 1. The molecule has 1 N–H and O–H groups in total. The smallest absolute Gasteiger partial charge is 0.155 e. The second-order valence-corrected chi connectivity index (χ2v) is 7.83. The van der Waals surface area contributed by atoms with Crippen LogP contribution in [-0.2, 0) is 7.05 Å². The molecule has 1 aliphatic heterocycles. The Morgan fingerprint density at radius 3 is 2.78 bits per heavy atom. The zero-order valence-electron chi connectivity index (χ0n) is 13.7. The molecule has 23 heavy (non-hydrogen) atoms. The first-order valence-corrected chi connectivity index (χ1v) is 9.63. The molecular formula is C16H24N6S. The SMILES string of the molecule is Cn1ncc2ncnc(NCC3(N4CCSCC4)CCCC3)c21. The van der Waals surface area contributed by atoms with Gasteiger partial charge >= 0.3 is 0 Å². The number of fused-ring (bicyclic) bond motifs is 1. The third kappa shape index (κ3) is 2.80. The summed E-state index contributed by atoms with van der Waals surface area (Å²) in [6.07, 6.45) is 8.71. The largest absolute Gasteiger partial charge is 0.366 e. The van der Waals surface area contributed by atoms with E-state index >= 15 is 0 Å². The van der Waals surface area contributed by atoms with Crippen LogP contribution in [0.25, 0.3) is 11.0 Å². The second kappa shape index (κ2) is 6.28. The standard InChI is InChI=1S/C16H24N6S/c1-21-14-13(10-20-21)18-12-19-15(14)17-11-16(4-2-3-5-16)22-6-8-23-9-7-22/h10,12H,2-9,11H2,1H3,(H,17,18,19). The van der Waals surface area contributed by atoms with Gasteiger partial charge in [0.05, 0.1) is 6.20 Å². The van der Waals surface area contributed by atoms with E-state index in [1.807, 2.05) is 11.7 Å². The van der Waals surface area contributed by atoms with E-state index in [0.717, 1.165) is 23.4 Å². The van der Waals surface area contributed by atoms with Crippen LogP contribution in [0, 0.1) is 0 Å². The number of hydrogen-bond acceptors (Lipinski definition) is 6. The molecule has 1 saturated carbocycles. The number of rotatable bonds is 4. The summed E-state index contributed by atoms with van der Waals surface area (Å²) < 4.78 is 1.86. The van der Waals surface area contributed by atoms with E-state index in [-0.39, 0.29) is 0 Å². The molecule has 1 saturated heterocycles. The third-order valence-electron chi connectivity index (χ3n) is 5.33. The molecule has 6 nitrogen and oxygen atoms in total. The van der Waals surface area contributed by atoms with E-state index in [2.05, 4.69) is 37.0 Å². The number of hydrogen-bond donors (Lipinski definition) is 1. The van der Waals surface area contributed by atoms with Gasteiger partial charge in [0.1, 0.15) is 17.4 Å². The molecule has 2 aromatic heterocycles. The number of nitrogens with zero attached hydrogens (tertiary/aromatic N) is 5. The van der Waals surface area contributed by atoms with Crippen molar-refractivity contribution in [3.63, 3.8) is 0 Å². The van der Waals surface area contributed by atoms with Crippen molar-refractivity contribution < 1.29 is 0 Å². The van der Waals surface area contributed by atoms with Crippen molar-refractivity contribution in [2.45, 2.75) is 31.2 Å². The average molecular weight is 332 g/mol. The molecule has 2 aromatic rings. The van der Waals surface area contributed by atoms with Gasteiger partial charge in [0.2, 0.25) is 0 Å². The van der Waals surface area contributed by atoms with Crippen LogP contribution in [0.4, 0.5) is 5.82 Å². The monoisotopic (exact) mass is 332 g/mol. The Morgan fingerprint density at radius 2 is 2.00 bits per heavy atom. The van der Waals surface area contributed by atoms with E-state index in [9.17, 15) is 0 Å². The van der Waals surface area contributed by atoms with Gasteiger partial charge in [-0.05, 0) is 12.8 Å². The van der Waals surface area contributed by atoms with Gasteiger partial charge in [0.15, 0.2) is 5.82 Å². The summed E-state index contributed by atoms with van der Waals surface area (Å²) in [4.78, 5) is 11.5. The Hall–Kier alpha value is -1.34. The van der Waals surface area contributed by atoms with Crippen LogP contribution in [0.5, 0.6) is 0 Å². The van der Waals surface area contributed by atoms with Gasteiger partial charge in [0.25, 0.3) is 0 Å². The summed E-state index contributed by atoms with van der Waals surface area (Å²) in [6, 6.07) is 0. The molecule has 3 heterocycles. The average Bonchev–Trinajstić information content (AvgIpc) is 3.22. The highest BCUT2D eigenvalue weighted by Gasteiger charge is 2.39. The highest BCUT2D eigenvalue weighted by atomic mass is 32.2. The summed E-state index contributed by atoms with van der Waals surface area (Å²) in [5.74, 6) is 3.44. The predicted molar refractivity (Wildman–Crippen MR) is 94.9 cm³/mol. The van der Waals surface area contributed by atoms with Crippen molar-refractivity contribution in [2.24, 2.45) is 7.05 Å². The molecule has 0 amide bonds. The fraction of sp³-hybridized carbons (Fsp3) is 0.688. The fourth-order valence-corrected chi connectivity index (χ4v) is 4.96. The minimum absolute atomic E-state index is 0.302. The van der Waals surface area contributed by atoms with Gasteiger partial charge in [0, 0.05) is 43.7 Å². The van der Waals surface area contributed by atoms with Gasteiger partial charge in [-0.15, -0.1) is 0 Å². The number of anilines is 1. The van der Waals surface area contributed by atoms with Crippen LogP contribution in [0.15, 0.2) is 12.5 Å². The Labute approximate surface area is 141 Å². The molecule has 2 fully saturated rings. The molecule has 0 bridgehead atoms. The van der Waals surface area contributed by atoms with Crippen molar-refractivity contribution in [1.29, 1.82) is 0 Å². The fourth-order valence-electron chi connectivity index (χ4n) is 4.06. The van der Waals surface area contributed by atoms with Crippen molar-refractivity contribution in [1.82, 2.24) is 24.6 Å². The quantitative estimate of drug-likeness (QED) is 0.926. The lowest BCUT2D eigenvalue weighted by Crippen LogP contribution is -2.54. The highest BCUT2D eigenvalue weighted by Crippen LogP contribution is 2.37. The first kappa shape index (κ1) is 15.2. The topological polar surface area (TPSA) is 58.9 Å². The molecule has 0 unspecified atom stereocenters. The van der Waals surface area contributed by atoms with Crippen LogP contribution >= 0.6 is 11.8 Å². The summed E-state index contributed by atoms with van der Waals surface area (Å²) in [5, 5.41) is 7.94.